The Bertz CT molecular complexity index is 281. The minimum atomic E-state index is -1.37. The number of carbonyl (C=O) groups is 3. The molecule has 2 atom stereocenters. The normalized spacial score (nSPS) is 13.9. The van der Waals surface area contributed by atoms with Gasteiger partial charge in [0, 0.05) is 7.11 Å². The van der Waals surface area contributed by atoms with Crippen LogP contribution < -0.4 is 16.8 Å². The first-order chi connectivity index (χ1) is 7.38. The summed E-state index contributed by atoms with van der Waals surface area (Å²) in [7, 11) is 1.35. The Morgan fingerprint density at radius 1 is 1.44 bits per heavy atom. The Hall–Kier alpha value is -1.67. The Kier molecular flexibility index (Phi) is 6.04. The van der Waals surface area contributed by atoms with Crippen LogP contribution in [-0.2, 0) is 19.1 Å². The van der Waals surface area contributed by atoms with Gasteiger partial charge in [-0.1, -0.05) is 0 Å². The number of carboxylic acids is 1. The molecule has 0 aliphatic rings. The zero-order valence-electron chi connectivity index (χ0n) is 8.80. The van der Waals surface area contributed by atoms with Gasteiger partial charge in [-0.15, -0.1) is 0 Å². The lowest BCUT2D eigenvalue weighted by molar-refractivity contribution is -0.143. The van der Waals surface area contributed by atoms with Gasteiger partial charge < -0.3 is 26.6 Å². The molecule has 0 saturated carbocycles. The quantitative estimate of drug-likeness (QED) is 0.379. The maximum Gasteiger partial charge on any atom is 0.326 e. The second-order valence-electron chi connectivity index (χ2n) is 3.13. The molecule has 8 nitrogen and oxygen atoms in total. The molecule has 0 spiro atoms. The fourth-order valence-electron chi connectivity index (χ4n) is 0.935. The predicted octanol–water partition coefficient (Wildman–Crippen LogP) is -2.60. The SMILES string of the molecule is COCC(N)C(=O)N[C@H](CC(N)=O)C(=O)O. The number of hydrogen-bond donors (Lipinski definition) is 4. The summed E-state index contributed by atoms with van der Waals surface area (Å²) in [5, 5.41) is 10.8. The minimum absolute atomic E-state index is 0.0469. The van der Waals surface area contributed by atoms with Crippen molar-refractivity contribution >= 4 is 17.8 Å². The molecule has 0 aliphatic carbocycles. The maximum absolute atomic E-state index is 11.3. The van der Waals surface area contributed by atoms with Gasteiger partial charge in [0.1, 0.15) is 12.1 Å². The lowest BCUT2D eigenvalue weighted by Crippen LogP contribution is -2.51. The highest BCUT2D eigenvalue weighted by atomic mass is 16.5. The number of ether oxygens (including phenoxy) is 1. The summed E-state index contributed by atoms with van der Waals surface area (Å²) in [6.45, 7) is -0.0469. The van der Waals surface area contributed by atoms with Gasteiger partial charge in [-0.3, -0.25) is 9.59 Å². The lowest BCUT2D eigenvalue weighted by atomic mass is 10.2. The molecular formula is C8H15N3O5. The van der Waals surface area contributed by atoms with Gasteiger partial charge in [0.05, 0.1) is 13.0 Å². The van der Waals surface area contributed by atoms with E-state index in [9.17, 15) is 14.4 Å². The van der Waals surface area contributed by atoms with Crippen LogP contribution in [0.25, 0.3) is 0 Å². The van der Waals surface area contributed by atoms with Crippen molar-refractivity contribution in [2.45, 2.75) is 18.5 Å². The van der Waals surface area contributed by atoms with Crippen molar-refractivity contribution in [3.63, 3.8) is 0 Å². The molecule has 8 heteroatoms. The highest BCUT2D eigenvalue weighted by Crippen LogP contribution is 1.93. The number of nitrogens with two attached hydrogens (primary N) is 2. The average Bonchev–Trinajstić information content (AvgIpc) is 2.16. The fraction of sp³-hybridized carbons (Fsp3) is 0.625. The van der Waals surface area contributed by atoms with Crippen LogP contribution in [0.1, 0.15) is 6.42 Å². The lowest BCUT2D eigenvalue weighted by Gasteiger charge is -2.16. The van der Waals surface area contributed by atoms with E-state index in [0.717, 1.165) is 0 Å². The van der Waals surface area contributed by atoms with Gasteiger partial charge >= 0.3 is 5.97 Å². The number of nitrogens with one attached hydrogen (secondary N) is 1. The third kappa shape index (κ3) is 5.27. The van der Waals surface area contributed by atoms with Crippen LogP contribution in [0, 0.1) is 0 Å². The van der Waals surface area contributed by atoms with Crippen LogP contribution in [0.3, 0.4) is 0 Å². The van der Waals surface area contributed by atoms with Crippen molar-refractivity contribution in [1.82, 2.24) is 5.32 Å². The summed E-state index contributed by atoms with van der Waals surface area (Å²) >= 11 is 0. The number of hydrogen-bond acceptors (Lipinski definition) is 5. The number of amides is 2. The van der Waals surface area contributed by atoms with E-state index < -0.39 is 36.3 Å². The van der Waals surface area contributed by atoms with Gasteiger partial charge in [0.2, 0.25) is 11.8 Å². The summed E-state index contributed by atoms with van der Waals surface area (Å²) in [5.74, 6) is -2.89. The van der Waals surface area contributed by atoms with Crippen molar-refractivity contribution in [3.05, 3.63) is 0 Å². The van der Waals surface area contributed by atoms with Crippen LogP contribution in [-0.4, -0.2) is 48.7 Å². The number of methoxy groups -OCH3 is 1. The number of carbonyl (C=O) groups excluding carboxylic acids is 2. The molecule has 0 aromatic rings. The Morgan fingerprint density at radius 3 is 2.38 bits per heavy atom. The van der Waals surface area contributed by atoms with E-state index in [0.29, 0.717) is 0 Å². The molecule has 0 heterocycles. The maximum atomic E-state index is 11.3. The molecule has 0 radical (unpaired) electrons. The first-order valence-corrected chi connectivity index (χ1v) is 4.44. The largest absolute Gasteiger partial charge is 0.480 e. The molecule has 0 bridgehead atoms. The summed E-state index contributed by atoms with van der Waals surface area (Å²) in [6, 6.07) is -2.35. The standard InChI is InChI=1S/C8H15N3O5/c1-16-3-4(9)7(13)11-5(8(14)15)2-6(10)12/h4-5H,2-3,9H2,1H3,(H2,10,12)(H,11,13)(H,14,15)/t4?,5-/m1/s1. The number of primary amides is 1. The zero-order valence-corrected chi connectivity index (χ0v) is 8.80. The van der Waals surface area contributed by atoms with Crippen LogP contribution in [0.15, 0.2) is 0 Å². The second kappa shape index (κ2) is 6.75. The smallest absolute Gasteiger partial charge is 0.326 e. The van der Waals surface area contributed by atoms with Crippen LogP contribution >= 0.6 is 0 Å². The number of aliphatic carboxylic acids is 1. The van der Waals surface area contributed by atoms with Crippen molar-refractivity contribution in [2.75, 3.05) is 13.7 Å². The molecule has 6 N–H and O–H groups in total. The predicted molar refractivity (Wildman–Crippen MR) is 53.2 cm³/mol. The first kappa shape index (κ1) is 14.3. The summed E-state index contributed by atoms with van der Waals surface area (Å²) in [4.78, 5) is 32.5. The molecular weight excluding hydrogens is 218 g/mol. The van der Waals surface area contributed by atoms with Gasteiger partial charge in [-0.25, -0.2) is 4.79 Å². The topological polar surface area (TPSA) is 145 Å². The third-order valence-electron chi connectivity index (χ3n) is 1.70. The molecule has 0 aromatic carbocycles. The molecule has 0 fully saturated rings. The molecule has 16 heavy (non-hydrogen) atoms. The Morgan fingerprint density at radius 2 is 2.00 bits per heavy atom. The molecule has 2 amide bonds. The van der Waals surface area contributed by atoms with E-state index in [-0.39, 0.29) is 6.61 Å². The minimum Gasteiger partial charge on any atom is -0.480 e. The first-order valence-electron chi connectivity index (χ1n) is 4.44. The molecule has 92 valence electrons. The Balaban J connectivity index is 4.34. The molecule has 0 aromatic heterocycles. The average molecular weight is 233 g/mol. The van der Waals surface area contributed by atoms with Gasteiger partial charge in [0.25, 0.3) is 0 Å². The van der Waals surface area contributed by atoms with Crippen LogP contribution in [0.2, 0.25) is 0 Å². The van der Waals surface area contributed by atoms with E-state index in [1.165, 1.54) is 7.11 Å². The highest BCUT2D eigenvalue weighted by molar-refractivity contribution is 5.90. The summed E-state index contributed by atoms with van der Waals surface area (Å²) < 4.78 is 4.62. The molecule has 1 unspecified atom stereocenters. The number of carboxylic acid groups (broad SMARTS) is 1. The summed E-state index contributed by atoms with van der Waals surface area (Å²) in [5.41, 5.74) is 10.2. The fourth-order valence-corrected chi connectivity index (χ4v) is 0.935. The second-order valence-corrected chi connectivity index (χ2v) is 3.13. The summed E-state index contributed by atoms with van der Waals surface area (Å²) in [6.07, 6.45) is -0.485. The van der Waals surface area contributed by atoms with E-state index >= 15 is 0 Å². The molecule has 0 saturated heterocycles. The monoisotopic (exact) mass is 233 g/mol. The van der Waals surface area contributed by atoms with Crippen molar-refractivity contribution in [2.24, 2.45) is 11.5 Å². The van der Waals surface area contributed by atoms with Crippen molar-refractivity contribution in [1.29, 1.82) is 0 Å². The van der Waals surface area contributed by atoms with E-state index in [2.05, 4.69) is 10.1 Å². The van der Waals surface area contributed by atoms with Gasteiger partial charge in [-0.05, 0) is 0 Å². The highest BCUT2D eigenvalue weighted by Gasteiger charge is 2.24. The molecule has 0 rings (SSSR count). The van der Waals surface area contributed by atoms with Crippen LogP contribution in [0.4, 0.5) is 0 Å². The third-order valence-corrected chi connectivity index (χ3v) is 1.70. The van der Waals surface area contributed by atoms with E-state index in [1.807, 2.05) is 0 Å². The van der Waals surface area contributed by atoms with Crippen molar-refractivity contribution in [3.8, 4) is 0 Å². The molecule has 0 aliphatic heterocycles. The van der Waals surface area contributed by atoms with Crippen LogP contribution in [0.5, 0.6) is 0 Å². The van der Waals surface area contributed by atoms with E-state index in [4.69, 9.17) is 16.6 Å². The van der Waals surface area contributed by atoms with Gasteiger partial charge in [0.15, 0.2) is 0 Å². The van der Waals surface area contributed by atoms with Gasteiger partial charge in [-0.2, -0.15) is 0 Å². The zero-order chi connectivity index (χ0) is 12.7. The van der Waals surface area contributed by atoms with E-state index in [1.54, 1.807) is 0 Å². The van der Waals surface area contributed by atoms with Crippen molar-refractivity contribution < 1.29 is 24.2 Å². The number of rotatable bonds is 7. The Labute approximate surface area is 91.9 Å².